The van der Waals surface area contributed by atoms with E-state index in [1.165, 1.54) is 0 Å². The lowest BCUT2D eigenvalue weighted by Crippen LogP contribution is -2.50. The van der Waals surface area contributed by atoms with E-state index in [4.69, 9.17) is 9.47 Å². The van der Waals surface area contributed by atoms with Crippen LogP contribution in [0.25, 0.3) is 0 Å². The van der Waals surface area contributed by atoms with Gasteiger partial charge >= 0.3 is 6.09 Å². The number of nitrogens with one attached hydrogen (secondary N) is 2. The lowest BCUT2D eigenvalue weighted by atomic mass is 10.2. The van der Waals surface area contributed by atoms with E-state index in [0.717, 1.165) is 64.7 Å². The molecule has 0 aromatic heterocycles. The Kier molecular flexibility index (Phi) is 13.8. The van der Waals surface area contributed by atoms with Crippen molar-refractivity contribution in [3.63, 3.8) is 0 Å². The van der Waals surface area contributed by atoms with Gasteiger partial charge in [0.1, 0.15) is 5.60 Å². The molecule has 0 unspecified atom stereocenters. The van der Waals surface area contributed by atoms with E-state index < -0.39 is 5.60 Å². The van der Waals surface area contributed by atoms with Crippen molar-refractivity contribution in [3.05, 3.63) is 0 Å². The van der Waals surface area contributed by atoms with E-state index >= 15 is 0 Å². The number of hydrogen-bond donors (Lipinski definition) is 2. The summed E-state index contributed by atoms with van der Waals surface area (Å²) in [7, 11) is 1.69. The first-order chi connectivity index (χ1) is 12.4. The fourth-order valence-electron chi connectivity index (χ4n) is 2.58. The Bertz CT molecular complexity index is 435. The van der Waals surface area contributed by atoms with Crippen LogP contribution < -0.4 is 10.6 Å². The fraction of sp³-hybridized carbons (Fsp3) is 0.889. The van der Waals surface area contributed by atoms with E-state index in [-0.39, 0.29) is 30.1 Å². The Balaban J connectivity index is 0.00000676. The van der Waals surface area contributed by atoms with E-state index in [1.54, 1.807) is 12.0 Å². The molecule has 0 aromatic rings. The molecule has 0 radical (unpaired) electrons. The zero-order chi connectivity index (χ0) is 19.4. The molecule has 0 spiro atoms. The maximum atomic E-state index is 12.1. The SMILES string of the molecule is CCNC(=NCCCN1CCN(C(=O)OC(C)(C)C)CC1)NCCOC.I. The standard InChI is InChI=1S/C18H37N5O3.HI/c1-6-19-16(21-9-15-25-5)20-8-7-10-22-11-13-23(14-12-22)17(24)26-18(2,3)4;/h6-15H2,1-5H3,(H2,19,20,21);1H. The fourth-order valence-corrected chi connectivity index (χ4v) is 2.58. The Morgan fingerprint density at radius 3 is 2.37 bits per heavy atom. The van der Waals surface area contributed by atoms with Crippen LogP contribution in [0.5, 0.6) is 0 Å². The Labute approximate surface area is 181 Å². The lowest BCUT2D eigenvalue weighted by Gasteiger charge is -2.35. The summed E-state index contributed by atoms with van der Waals surface area (Å²) < 4.78 is 10.5. The van der Waals surface area contributed by atoms with Gasteiger partial charge in [0, 0.05) is 59.5 Å². The Hall–Kier alpha value is -0.810. The van der Waals surface area contributed by atoms with Gasteiger partial charge in [-0.25, -0.2) is 4.79 Å². The minimum Gasteiger partial charge on any atom is -0.444 e. The quantitative estimate of drug-likeness (QED) is 0.229. The number of amides is 1. The molecule has 0 atom stereocenters. The molecule has 0 saturated carbocycles. The van der Waals surface area contributed by atoms with Crippen molar-refractivity contribution >= 4 is 36.0 Å². The minimum atomic E-state index is -0.437. The summed E-state index contributed by atoms with van der Waals surface area (Å²) in [6, 6.07) is 0. The summed E-state index contributed by atoms with van der Waals surface area (Å²) in [4.78, 5) is 20.8. The van der Waals surface area contributed by atoms with Crippen LogP contribution in [0.1, 0.15) is 34.1 Å². The van der Waals surface area contributed by atoms with E-state index in [0.29, 0.717) is 6.61 Å². The molecular weight excluding hydrogens is 461 g/mol. The summed E-state index contributed by atoms with van der Waals surface area (Å²) in [6.45, 7) is 15.0. The van der Waals surface area contributed by atoms with Crippen molar-refractivity contribution in [2.24, 2.45) is 4.99 Å². The minimum absolute atomic E-state index is 0. The smallest absolute Gasteiger partial charge is 0.410 e. The number of nitrogens with zero attached hydrogens (tertiary/aromatic N) is 3. The molecule has 160 valence electrons. The Morgan fingerprint density at radius 1 is 1.15 bits per heavy atom. The summed E-state index contributed by atoms with van der Waals surface area (Å²) in [5.41, 5.74) is -0.437. The molecule has 2 N–H and O–H groups in total. The van der Waals surface area contributed by atoms with Crippen LogP contribution in [-0.2, 0) is 9.47 Å². The topological polar surface area (TPSA) is 78.4 Å². The molecule has 1 saturated heterocycles. The van der Waals surface area contributed by atoms with Gasteiger partial charge in [0.25, 0.3) is 0 Å². The van der Waals surface area contributed by atoms with Crippen LogP contribution in [-0.4, -0.2) is 93.5 Å². The molecule has 8 nitrogen and oxygen atoms in total. The molecule has 0 bridgehead atoms. The average molecular weight is 499 g/mol. The molecule has 0 aromatic carbocycles. The molecule has 9 heteroatoms. The van der Waals surface area contributed by atoms with Crippen LogP contribution in [0.2, 0.25) is 0 Å². The number of aliphatic imine (C=N–C) groups is 1. The molecule has 0 aliphatic carbocycles. The maximum Gasteiger partial charge on any atom is 0.410 e. The lowest BCUT2D eigenvalue weighted by molar-refractivity contribution is 0.0145. The van der Waals surface area contributed by atoms with Gasteiger partial charge in [-0.2, -0.15) is 0 Å². The number of halogens is 1. The highest BCUT2D eigenvalue weighted by molar-refractivity contribution is 14.0. The van der Waals surface area contributed by atoms with E-state index in [1.807, 2.05) is 20.8 Å². The number of carbonyl (C=O) groups excluding carboxylic acids is 1. The zero-order valence-corrected chi connectivity index (χ0v) is 19.9. The van der Waals surface area contributed by atoms with Crippen LogP contribution in [0.15, 0.2) is 4.99 Å². The summed E-state index contributed by atoms with van der Waals surface area (Å²) in [6.07, 6.45) is 0.784. The molecule has 1 fully saturated rings. The molecule has 1 rings (SSSR count). The van der Waals surface area contributed by atoms with Gasteiger partial charge in [0.05, 0.1) is 6.61 Å². The molecule has 1 aliphatic heterocycles. The maximum absolute atomic E-state index is 12.1. The van der Waals surface area contributed by atoms with Crippen molar-refractivity contribution < 1.29 is 14.3 Å². The van der Waals surface area contributed by atoms with Crippen molar-refractivity contribution in [2.45, 2.75) is 39.7 Å². The summed E-state index contributed by atoms with van der Waals surface area (Å²) >= 11 is 0. The third-order valence-electron chi connectivity index (χ3n) is 3.87. The second kappa shape index (κ2) is 14.2. The highest BCUT2D eigenvalue weighted by Crippen LogP contribution is 2.11. The molecular formula is C18H38IN5O3. The number of carbonyl (C=O) groups is 1. The number of methoxy groups -OCH3 is 1. The monoisotopic (exact) mass is 499 g/mol. The third kappa shape index (κ3) is 12.3. The van der Waals surface area contributed by atoms with Crippen molar-refractivity contribution in [2.75, 3.05) is 66.1 Å². The number of ether oxygens (including phenoxy) is 2. The number of guanidine groups is 1. The molecule has 1 heterocycles. The highest BCUT2D eigenvalue weighted by Gasteiger charge is 2.25. The zero-order valence-electron chi connectivity index (χ0n) is 17.5. The molecule has 27 heavy (non-hydrogen) atoms. The van der Waals surface area contributed by atoms with Crippen LogP contribution >= 0.6 is 24.0 Å². The van der Waals surface area contributed by atoms with Crippen molar-refractivity contribution in [1.29, 1.82) is 0 Å². The first kappa shape index (κ1) is 26.2. The first-order valence-corrected chi connectivity index (χ1v) is 9.57. The third-order valence-corrected chi connectivity index (χ3v) is 3.87. The van der Waals surface area contributed by atoms with Gasteiger partial charge in [-0.1, -0.05) is 0 Å². The van der Waals surface area contributed by atoms with Gasteiger partial charge in [-0.3, -0.25) is 9.89 Å². The van der Waals surface area contributed by atoms with Gasteiger partial charge in [0.15, 0.2) is 5.96 Å². The Morgan fingerprint density at radius 2 is 1.81 bits per heavy atom. The average Bonchev–Trinajstić information content (AvgIpc) is 2.58. The molecule has 1 amide bonds. The number of rotatable bonds is 8. The summed E-state index contributed by atoms with van der Waals surface area (Å²) in [5, 5.41) is 6.47. The predicted octanol–water partition coefficient (Wildman–Crippen LogP) is 1.75. The van der Waals surface area contributed by atoms with Gasteiger partial charge in [0.2, 0.25) is 0 Å². The number of hydrogen-bond acceptors (Lipinski definition) is 5. The van der Waals surface area contributed by atoms with Crippen molar-refractivity contribution in [3.8, 4) is 0 Å². The number of piperazine rings is 1. The second-order valence-electron chi connectivity index (χ2n) is 7.34. The first-order valence-electron chi connectivity index (χ1n) is 9.57. The van der Waals surface area contributed by atoms with Crippen LogP contribution in [0.4, 0.5) is 4.79 Å². The second-order valence-corrected chi connectivity index (χ2v) is 7.34. The highest BCUT2D eigenvalue weighted by atomic mass is 127. The van der Waals surface area contributed by atoms with Crippen LogP contribution in [0, 0.1) is 0 Å². The van der Waals surface area contributed by atoms with E-state index in [9.17, 15) is 4.79 Å². The van der Waals surface area contributed by atoms with Crippen LogP contribution in [0.3, 0.4) is 0 Å². The normalized spacial score (nSPS) is 15.9. The van der Waals surface area contributed by atoms with Gasteiger partial charge < -0.3 is 25.0 Å². The van der Waals surface area contributed by atoms with Crippen molar-refractivity contribution in [1.82, 2.24) is 20.4 Å². The predicted molar refractivity (Wildman–Crippen MR) is 120 cm³/mol. The van der Waals surface area contributed by atoms with E-state index in [2.05, 4.69) is 27.4 Å². The largest absolute Gasteiger partial charge is 0.444 e. The van der Waals surface area contributed by atoms with Gasteiger partial charge in [-0.05, 0) is 34.1 Å². The molecule has 1 aliphatic rings. The summed E-state index contributed by atoms with van der Waals surface area (Å²) in [5.74, 6) is 0.833. The van der Waals surface area contributed by atoms with Gasteiger partial charge in [-0.15, -0.1) is 24.0 Å².